The molecule has 0 aliphatic carbocycles. The Bertz CT molecular complexity index is 1060. The third-order valence-corrected chi connectivity index (χ3v) is 5.06. The summed E-state index contributed by atoms with van der Waals surface area (Å²) in [6, 6.07) is 8.41. The van der Waals surface area contributed by atoms with Gasteiger partial charge in [-0.3, -0.25) is 4.98 Å². The van der Waals surface area contributed by atoms with Crippen LogP contribution in [0.1, 0.15) is 15.9 Å². The molecule has 2 aromatic carbocycles. The fourth-order valence-corrected chi connectivity index (χ4v) is 3.45. The average Bonchev–Trinajstić information content (AvgIpc) is 3.15. The van der Waals surface area contributed by atoms with Crippen LogP contribution in [0.3, 0.4) is 0 Å². The van der Waals surface area contributed by atoms with Crippen molar-refractivity contribution in [3.05, 3.63) is 53.5 Å². The van der Waals surface area contributed by atoms with Crippen molar-refractivity contribution >= 4 is 34.3 Å². The highest BCUT2D eigenvalue weighted by atomic mass is 32.2. The summed E-state index contributed by atoms with van der Waals surface area (Å²) < 4.78 is 24.8. The molecule has 4 rings (SSSR count). The monoisotopic (exact) mass is 386 g/mol. The molecule has 1 aliphatic rings. The van der Waals surface area contributed by atoms with Crippen LogP contribution in [0.5, 0.6) is 11.5 Å². The minimum Gasteiger partial charge on any atom is -0.478 e. The highest BCUT2D eigenvalue weighted by Crippen LogP contribution is 2.41. The van der Waals surface area contributed by atoms with Gasteiger partial charge in [-0.15, -0.1) is 11.8 Å². The summed E-state index contributed by atoms with van der Waals surface area (Å²) in [6.07, 6.45) is 3.09. The van der Waals surface area contributed by atoms with E-state index in [-0.39, 0.29) is 24.7 Å². The summed E-state index contributed by atoms with van der Waals surface area (Å²) >= 11 is 1.33. The second kappa shape index (κ2) is 6.96. The van der Waals surface area contributed by atoms with Crippen LogP contribution in [0.15, 0.2) is 41.4 Å². The van der Waals surface area contributed by atoms with Gasteiger partial charge in [0.1, 0.15) is 16.9 Å². The van der Waals surface area contributed by atoms with E-state index >= 15 is 0 Å². The van der Waals surface area contributed by atoms with Crippen LogP contribution in [0, 0.1) is 5.82 Å². The van der Waals surface area contributed by atoms with Gasteiger partial charge in [-0.25, -0.2) is 9.18 Å². The number of nitrogens with one attached hydrogen (secondary N) is 1. The molecule has 3 aromatic rings. The van der Waals surface area contributed by atoms with Crippen LogP contribution in [-0.4, -0.2) is 29.1 Å². The zero-order valence-corrected chi connectivity index (χ0v) is 15.1. The lowest BCUT2D eigenvalue weighted by atomic mass is 10.1. The largest absolute Gasteiger partial charge is 0.478 e. The van der Waals surface area contributed by atoms with Crippen molar-refractivity contribution in [2.24, 2.45) is 0 Å². The van der Waals surface area contributed by atoms with E-state index in [1.54, 1.807) is 24.3 Å². The lowest BCUT2D eigenvalue weighted by Crippen LogP contribution is -2.08. The van der Waals surface area contributed by atoms with Gasteiger partial charge in [0.15, 0.2) is 11.5 Å². The van der Waals surface area contributed by atoms with E-state index in [1.807, 2.05) is 6.26 Å². The van der Waals surface area contributed by atoms with Crippen molar-refractivity contribution in [3.63, 3.8) is 0 Å². The number of benzene rings is 2. The number of aromatic nitrogens is 1. The normalized spacial score (nSPS) is 12.4. The number of pyridine rings is 1. The van der Waals surface area contributed by atoms with Gasteiger partial charge in [0.2, 0.25) is 6.79 Å². The predicted octanol–water partition coefficient (Wildman–Crippen LogP) is 4.13. The number of thioether (sulfide) groups is 1. The Morgan fingerprint density at radius 3 is 2.93 bits per heavy atom. The number of rotatable bonds is 5. The van der Waals surface area contributed by atoms with Gasteiger partial charge in [0.25, 0.3) is 0 Å². The van der Waals surface area contributed by atoms with Crippen molar-refractivity contribution in [2.75, 3.05) is 18.4 Å². The number of anilines is 1. The number of aromatic carboxylic acids is 1. The van der Waals surface area contributed by atoms with Crippen molar-refractivity contribution in [1.29, 1.82) is 0 Å². The standard InChI is InChI=1S/C19H15FN2O4S/c1-27-15-5-2-10(6-13(15)20)7-21-16-11-3-4-14-18(26-9-25-14)17(11)22-8-12(16)19(23)24/h2-6,8H,7,9H2,1H3,(H,21,22)(H,23,24). The first-order chi connectivity index (χ1) is 13.1. The molecule has 6 nitrogen and oxygen atoms in total. The third kappa shape index (κ3) is 3.12. The fraction of sp³-hybridized carbons (Fsp3) is 0.158. The Labute approximate surface area is 158 Å². The molecule has 0 fully saturated rings. The zero-order chi connectivity index (χ0) is 19.0. The molecule has 8 heteroatoms. The number of carbonyl (C=O) groups is 1. The third-order valence-electron chi connectivity index (χ3n) is 4.29. The van der Waals surface area contributed by atoms with Crippen molar-refractivity contribution < 1.29 is 23.8 Å². The van der Waals surface area contributed by atoms with E-state index in [9.17, 15) is 14.3 Å². The maximum absolute atomic E-state index is 14.0. The van der Waals surface area contributed by atoms with E-state index in [0.717, 1.165) is 0 Å². The maximum Gasteiger partial charge on any atom is 0.339 e. The molecule has 0 spiro atoms. The number of carboxylic acids is 1. The van der Waals surface area contributed by atoms with E-state index in [2.05, 4.69) is 10.3 Å². The molecule has 0 unspecified atom stereocenters. The van der Waals surface area contributed by atoms with Crippen LogP contribution in [0.25, 0.3) is 10.9 Å². The van der Waals surface area contributed by atoms with Crippen molar-refractivity contribution in [3.8, 4) is 11.5 Å². The lowest BCUT2D eigenvalue weighted by Gasteiger charge is -2.14. The van der Waals surface area contributed by atoms with Crippen LogP contribution in [0.2, 0.25) is 0 Å². The Morgan fingerprint density at radius 2 is 2.19 bits per heavy atom. The van der Waals surface area contributed by atoms with E-state index in [0.29, 0.717) is 38.5 Å². The van der Waals surface area contributed by atoms with Crippen molar-refractivity contribution in [2.45, 2.75) is 11.4 Å². The van der Waals surface area contributed by atoms with Gasteiger partial charge < -0.3 is 19.9 Å². The van der Waals surface area contributed by atoms with Gasteiger partial charge in [-0.2, -0.15) is 0 Å². The number of hydrogen-bond donors (Lipinski definition) is 2. The molecule has 0 saturated carbocycles. The quantitative estimate of drug-likeness (QED) is 0.638. The Morgan fingerprint density at radius 1 is 1.33 bits per heavy atom. The number of fused-ring (bicyclic) bond motifs is 3. The fourth-order valence-electron chi connectivity index (χ4n) is 2.99. The van der Waals surface area contributed by atoms with Crippen molar-refractivity contribution in [1.82, 2.24) is 4.98 Å². The molecule has 0 atom stereocenters. The number of hydrogen-bond acceptors (Lipinski definition) is 6. The summed E-state index contributed by atoms with van der Waals surface area (Å²) in [5.41, 5.74) is 1.65. The molecule has 0 radical (unpaired) electrons. The highest BCUT2D eigenvalue weighted by Gasteiger charge is 2.22. The SMILES string of the molecule is CSc1ccc(CNc2c(C(=O)O)cnc3c4c(ccc23)OCO4)cc1F. The molecule has 2 heterocycles. The first-order valence-corrected chi connectivity index (χ1v) is 9.32. The molecule has 1 aromatic heterocycles. The summed E-state index contributed by atoms with van der Waals surface area (Å²) in [6.45, 7) is 0.361. The molecule has 0 saturated heterocycles. The molecule has 27 heavy (non-hydrogen) atoms. The van der Waals surface area contributed by atoms with E-state index in [1.165, 1.54) is 24.0 Å². The molecule has 1 aliphatic heterocycles. The number of nitrogens with zero attached hydrogens (tertiary/aromatic N) is 1. The van der Waals surface area contributed by atoms with Gasteiger partial charge in [0.05, 0.1) is 5.69 Å². The summed E-state index contributed by atoms with van der Waals surface area (Å²) in [5.74, 6) is -0.349. The topological polar surface area (TPSA) is 80.7 Å². The van der Waals surface area contributed by atoms with Crippen LogP contribution < -0.4 is 14.8 Å². The number of ether oxygens (including phenoxy) is 2. The Hall–Kier alpha value is -3.00. The second-order valence-electron chi connectivity index (χ2n) is 5.87. The van der Waals surface area contributed by atoms with Gasteiger partial charge in [0, 0.05) is 23.0 Å². The number of carboxylic acid groups (broad SMARTS) is 1. The van der Waals surface area contributed by atoms with E-state index < -0.39 is 5.97 Å². The highest BCUT2D eigenvalue weighted by molar-refractivity contribution is 7.98. The van der Waals surface area contributed by atoms with Gasteiger partial charge in [-0.1, -0.05) is 6.07 Å². The molecule has 2 N–H and O–H groups in total. The maximum atomic E-state index is 14.0. The zero-order valence-electron chi connectivity index (χ0n) is 14.3. The molecule has 138 valence electrons. The van der Waals surface area contributed by atoms with Crippen LogP contribution in [0.4, 0.5) is 10.1 Å². The predicted molar refractivity (Wildman–Crippen MR) is 100 cm³/mol. The lowest BCUT2D eigenvalue weighted by molar-refractivity contribution is 0.0697. The van der Waals surface area contributed by atoms with Gasteiger partial charge in [-0.05, 0) is 36.1 Å². The Kier molecular flexibility index (Phi) is 4.49. The smallest absolute Gasteiger partial charge is 0.339 e. The molecule has 0 amide bonds. The first-order valence-electron chi connectivity index (χ1n) is 8.09. The molecule has 0 bridgehead atoms. The summed E-state index contributed by atoms with van der Waals surface area (Å²) in [5, 5.41) is 13.2. The first kappa shape index (κ1) is 17.4. The Balaban J connectivity index is 1.74. The van der Waals surface area contributed by atoms with Crippen LogP contribution >= 0.6 is 11.8 Å². The second-order valence-corrected chi connectivity index (χ2v) is 6.72. The molecular weight excluding hydrogens is 371 g/mol. The minimum absolute atomic E-state index is 0.0302. The summed E-state index contributed by atoms with van der Waals surface area (Å²) in [7, 11) is 0. The summed E-state index contributed by atoms with van der Waals surface area (Å²) in [4.78, 5) is 16.4. The molecular formula is C19H15FN2O4S. The minimum atomic E-state index is -1.10. The number of halogens is 1. The van der Waals surface area contributed by atoms with E-state index in [4.69, 9.17) is 9.47 Å². The van der Waals surface area contributed by atoms with Gasteiger partial charge >= 0.3 is 5.97 Å². The average molecular weight is 386 g/mol. The van der Waals surface area contributed by atoms with Crippen LogP contribution in [-0.2, 0) is 6.54 Å².